The predicted octanol–water partition coefficient (Wildman–Crippen LogP) is 1.04. The monoisotopic (exact) mass is 225 g/mol. The van der Waals surface area contributed by atoms with Gasteiger partial charge in [0.25, 0.3) is 0 Å². The Labute approximate surface area is 94.7 Å². The summed E-state index contributed by atoms with van der Waals surface area (Å²) in [7, 11) is 0. The zero-order chi connectivity index (χ0) is 10.6. The highest BCUT2D eigenvalue weighted by Crippen LogP contribution is 2.05. The molecule has 0 bridgehead atoms. The fourth-order valence-electron chi connectivity index (χ4n) is 1.08. The molecule has 80 valence electrons. The lowest BCUT2D eigenvalue weighted by molar-refractivity contribution is -0.138. The minimum absolute atomic E-state index is 0. The second kappa shape index (κ2) is 6.07. The summed E-state index contributed by atoms with van der Waals surface area (Å²) in [6.45, 7) is 0. The number of benzene rings is 1. The summed E-state index contributed by atoms with van der Waals surface area (Å²) in [6, 6.07) is 6.26. The normalized spacial score (nSPS) is 10.9. The minimum atomic E-state index is -0.994. The Morgan fingerprint density at radius 3 is 2.40 bits per heavy atom. The number of carboxylic acids is 1. The van der Waals surface area contributed by atoms with Gasteiger partial charge in [-0.3, -0.25) is 4.79 Å². The van der Waals surface area contributed by atoms with E-state index >= 15 is 0 Å². The van der Waals surface area contributed by atoms with Crippen LogP contribution in [0.3, 0.4) is 0 Å². The van der Waals surface area contributed by atoms with Crippen molar-refractivity contribution in [2.24, 2.45) is 5.73 Å². The number of hydrogen-bond acceptors (Lipinski definition) is 2. The number of rotatable bonds is 3. The third-order valence-electron chi connectivity index (χ3n) is 1.89. The highest BCUT2D eigenvalue weighted by Gasteiger charge is 2.11. The number of nitrogens with two attached hydrogens (primary N) is 1. The largest absolute Gasteiger partial charge is 0.480 e. The lowest BCUT2D eigenvalue weighted by atomic mass is 10.1. The van der Waals surface area contributed by atoms with Crippen LogP contribution >= 0.6 is 12.4 Å². The van der Waals surface area contributed by atoms with Gasteiger partial charge in [-0.25, -0.2) is 0 Å². The molecule has 1 rings (SSSR count). The molecule has 0 spiro atoms. The van der Waals surface area contributed by atoms with Crippen LogP contribution in [0.5, 0.6) is 0 Å². The highest BCUT2D eigenvalue weighted by molar-refractivity contribution is 5.85. The van der Waals surface area contributed by atoms with Crippen LogP contribution in [0.2, 0.25) is 0 Å². The van der Waals surface area contributed by atoms with Crippen LogP contribution in [-0.2, 0) is 11.2 Å². The van der Waals surface area contributed by atoms with Gasteiger partial charge in [0.15, 0.2) is 0 Å². The molecule has 0 heterocycles. The first kappa shape index (κ1) is 13.5. The zero-order valence-electron chi connectivity index (χ0n) is 8.01. The Morgan fingerprint density at radius 1 is 1.47 bits per heavy atom. The standard InChI is InChI=1S/C11H11NO2.ClH/c1-2-8-3-5-9(6-4-8)7-10(12)11(13)14;/h1,3-6,10H,7,12H2,(H,13,14);1H/t10-;/m0./s1. The van der Waals surface area contributed by atoms with Crippen molar-refractivity contribution in [1.82, 2.24) is 0 Å². The summed E-state index contributed by atoms with van der Waals surface area (Å²) in [5.74, 6) is 1.49. The molecule has 1 atom stereocenters. The van der Waals surface area contributed by atoms with Gasteiger partial charge in [-0.1, -0.05) is 18.1 Å². The molecule has 0 aliphatic rings. The summed E-state index contributed by atoms with van der Waals surface area (Å²) in [5, 5.41) is 8.59. The van der Waals surface area contributed by atoms with Gasteiger partial charge in [-0.05, 0) is 24.1 Å². The second-order valence-electron chi connectivity index (χ2n) is 2.99. The van der Waals surface area contributed by atoms with Gasteiger partial charge in [0, 0.05) is 5.56 Å². The van der Waals surface area contributed by atoms with E-state index in [1.54, 1.807) is 24.3 Å². The van der Waals surface area contributed by atoms with Crippen LogP contribution in [0, 0.1) is 12.3 Å². The summed E-state index contributed by atoms with van der Waals surface area (Å²) in [5.41, 5.74) is 7.03. The molecule has 4 heteroatoms. The van der Waals surface area contributed by atoms with Gasteiger partial charge >= 0.3 is 5.97 Å². The number of halogens is 1. The van der Waals surface area contributed by atoms with Gasteiger partial charge < -0.3 is 10.8 Å². The van der Waals surface area contributed by atoms with E-state index < -0.39 is 12.0 Å². The second-order valence-corrected chi connectivity index (χ2v) is 2.99. The van der Waals surface area contributed by atoms with E-state index in [4.69, 9.17) is 17.3 Å². The summed E-state index contributed by atoms with van der Waals surface area (Å²) in [4.78, 5) is 10.5. The fraction of sp³-hybridized carbons (Fsp3) is 0.182. The molecule has 15 heavy (non-hydrogen) atoms. The van der Waals surface area contributed by atoms with Crippen LogP contribution in [0.25, 0.3) is 0 Å². The van der Waals surface area contributed by atoms with Crippen molar-refractivity contribution >= 4 is 18.4 Å². The van der Waals surface area contributed by atoms with E-state index in [-0.39, 0.29) is 12.4 Å². The zero-order valence-corrected chi connectivity index (χ0v) is 8.83. The molecule has 1 aromatic rings. The number of aliphatic carboxylic acids is 1. The number of carboxylic acid groups (broad SMARTS) is 1. The van der Waals surface area contributed by atoms with Crippen molar-refractivity contribution in [3.05, 3.63) is 35.4 Å². The molecule has 1 aromatic carbocycles. The third-order valence-corrected chi connectivity index (χ3v) is 1.89. The lowest BCUT2D eigenvalue weighted by Gasteiger charge is -2.05. The predicted molar refractivity (Wildman–Crippen MR) is 60.9 cm³/mol. The van der Waals surface area contributed by atoms with Crippen LogP contribution < -0.4 is 5.73 Å². The summed E-state index contributed by atoms with van der Waals surface area (Å²) >= 11 is 0. The number of hydrogen-bond donors (Lipinski definition) is 2. The van der Waals surface area contributed by atoms with Gasteiger partial charge in [-0.2, -0.15) is 0 Å². The minimum Gasteiger partial charge on any atom is -0.480 e. The maximum absolute atomic E-state index is 10.5. The summed E-state index contributed by atoms with van der Waals surface area (Å²) < 4.78 is 0. The van der Waals surface area contributed by atoms with Crippen molar-refractivity contribution in [2.45, 2.75) is 12.5 Å². The van der Waals surface area contributed by atoms with Gasteiger partial charge in [0.05, 0.1) is 0 Å². The van der Waals surface area contributed by atoms with E-state index in [1.165, 1.54) is 0 Å². The topological polar surface area (TPSA) is 63.3 Å². The molecule has 0 aliphatic carbocycles. The molecule has 0 aliphatic heterocycles. The molecule has 3 nitrogen and oxygen atoms in total. The Morgan fingerprint density at radius 2 is 2.00 bits per heavy atom. The fourth-order valence-corrected chi connectivity index (χ4v) is 1.08. The molecule has 0 aromatic heterocycles. The van der Waals surface area contributed by atoms with Crippen molar-refractivity contribution in [2.75, 3.05) is 0 Å². The van der Waals surface area contributed by atoms with Crippen molar-refractivity contribution in [3.63, 3.8) is 0 Å². The first-order valence-electron chi connectivity index (χ1n) is 4.17. The molecule has 0 saturated carbocycles. The molecule has 0 saturated heterocycles. The Bertz CT molecular complexity index is 367. The average molecular weight is 226 g/mol. The van der Waals surface area contributed by atoms with E-state index in [9.17, 15) is 4.79 Å². The van der Waals surface area contributed by atoms with Gasteiger partial charge in [-0.15, -0.1) is 18.8 Å². The highest BCUT2D eigenvalue weighted by atomic mass is 35.5. The van der Waals surface area contributed by atoms with E-state index in [2.05, 4.69) is 5.92 Å². The van der Waals surface area contributed by atoms with Gasteiger partial charge in [0.2, 0.25) is 0 Å². The third kappa shape index (κ3) is 4.03. The van der Waals surface area contributed by atoms with E-state index in [0.717, 1.165) is 11.1 Å². The first-order valence-corrected chi connectivity index (χ1v) is 4.17. The molecule has 3 N–H and O–H groups in total. The Kier molecular flexibility index (Phi) is 5.46. The molecule has 0 fully saturated rings. The van der Waals surface area contributed by atoms with Crippen LogP contribution in [0.4, 0.5) is 0 Å². The quantitative estimate of drug-likeness (QED) is 0.756. The van der Waals surface area contributed by atoms with Crippen LogP contribution in [0.1, 0.15) is 11.1 Å². The maximum atomic E-state index is 10.5. The summed E-state index contributed by atoms with van der Waals surface area (Å²) in [6.07, 6.45) is 5.50. The average Bonchev–Trinajstić information content (AvgIpc) is 2.19. The van der Waals surface area contributed by atoms with Crippen molar-refractivity contribution in [1.29, 1.82) is 0 Å². The van der Waals surface area contributed by atoms with Crippen molar-refractivity contribution in [3.8, 4) is 12.3 Å². The molecule has 0 amide bonds. The van der Waals surface area contributed by atoms with E-state index in [1.807, 2.05) is 0 Å². The van der Waals surface area contributed by atoms with Crippen molar-refractivity contribution < 1.29 is 9.90 Å². The smallest absolute Gasteiger partial charge is 0.320 e. The number of terminal acetylenes is 1. The molecule has 0 unspecified atom stereocenters. The number of carbonyl (C=O) groups is 1. The Hall–Kier alpha value is -1.50. The maximum Gasteiger partial charge on any atom is 0.320 e. The Balaban J connectivity index is 0.00000196. The SMILES string of the molecule is C#Cc1ccc(C[C@H](N)C(=O)O)cc1.Cl. The van der Waals surface area contributed by atoms with Crippen LogP contribution in [0.15, 0.2) is 24.3 Å². The molecular formula is C11H12ClNO2. The van der Waals surface area contributed by atoms with Gasteiger partial charge in [0.1, 0.15) is 6.04 Å². The first-order chi connectivity index (χ1) is 6.63. The lowest BCUT2D eigenvalue weighted by Crippen LogP contribution is -2.32. The van der Waals surface area contributed by atoms with E-state index in [0.29, 0.717) is 6.42 Å². The molecule has 0 radical (unpaired) electrons. The molecular weight excluding hydrogens is 214 g/mol. The van der Waals surface area contributed by atoms with Crippen LogP contribution in [-0.4, -0.2) is 17.1 Å².